The maximum absolute atomic E-state index is 11.7. The summed E-state index contributed by atoms with van der Waals surface area (Å²) in [7, 11) is 3.50. The lowest BCUT2D eigenvalue weighted by Crippen LogP contribution is -2.30. The van der Waals surface area contributed by atoms with E-state index < -0.39 is 0 Å². The lowest BCUT2D eigenvalue weighted by Gasteiger charge is -2.21. The molecule has 0 aromatic carbocycles. The van der Waals surface area contributed by atoms with Crippen LogP contribution < -0.4 is 10.6 Å². The van der Waals surface area contributed by atoms with Crippen molar-refractivity contribution in [2.45, 2.75) is 18.8 Å². The van der Waals surface area contributed by atoms with Crippen LogP contribution in [0.1, 0.15) is 34.8 Å². The topological polar surface area (TPSA) is 59.0 Å². The fourth-order valence-corrected chi connectivity index (χ4v) is 2.20. The molecule has 2 rings (SSSR count). The Kier molecular flexibility index (Phi) is 3.24. The third kappa shape index (κ3) is 2.09. The summed E-state index contributed by atoms with van der Waals surface area (Å²) in [4.78, 5) is 11.7. The molecule has 1 aromatic rings. The molecule has 1 aliphatic rings. The van der Waals surface area contributed by atoms with E-state index in [2.05, 4.69) is 15.7 Å². The highest BCUT2D eigenvalue weighted by Gasteiger charge is 2.24. The molecule has 1 amide bonds. The number of carbonyl (C=O) groups is 1. The fourth-order valence-electron chi connectivity index (χ4n) is 2.20. The quantitative estimate of drug-likeness (QED) is 0.754. The van der Waals surface area contributed by atoms with E-state index in [-0.39, 0.29) is 5.91 Å². The zero-order valence-corrected chi connectivity index (χ0v) is 9.79. The minimum Gasteiger partial charge on any atom is -0.355 e. The van der Waals surface area contributed by atoms with Gasteiger partial charge in [-0.2, -0.15) is 5.10 Å². The summed E-state index contributed by atoms with van der Waals surface area (Å²) in [6.45, 7) is 1.99. The van der Waals surface area contributed by atoms with Gasteiger partial charge in [-0.25, -0.2) is 0 Å². The van der Waals surface area contributed by atoms with Gasteiger partial charge in [-0.3, -0.25) is 9.48 Å². The van der Waals surface area contributed by atoms with Crippen molar-refractivity contribution in [1.82, 2.24) is 20.4 Å². The van der Waals surface area contributed by atoms with Crippen LogP contribution in [0.3, 0.4) is 0 Å². The molecule has 1 unspecified atom stereocenters. The van der Waals surface area contributed by atoms with Gasteiger partial charge in [0.25, 0.3) is 5.91 Å². The van der Waals surface area contributed by atoms with Crippen molar-refractivity contribution in [2.75, 3.05) is 20.1 Å². The number of piperidine rings is 1. The number of rotatable bonds is 2. The van der Waals surface area contributed by atoms with E-state index in [1.54, 1.807) is 17.9 Å². The van der Waals surface area contributed by atoms with Gasteiger partial charge in [-0.15, -0.1) is 0 Å². The van der Waals surface area contributed by atoms with E-state index in [0.29, 0.717) is 11.5 Å². The summed E-state index contributed by atoms with van der Waals surface area (Å²) in [6, 6.07) is 0. The zero-order valence-electron chi connectivity index (χ0n) is 9.79. The smallest absolute Gasteiger partial charge is 0.254 e. The van der Waals surface area contributed by atoms with Gasteiger partial charge >= 0.3 is 0 Å². The van der Waals surface area contributed by atoms with Crippen molar-refractivity contribution in [1.29, 1.82) is 0 Å². The zero-order chi connectivity index (χ0) is 11.5. The Labute approximate surface area is 95.2 Å². The number of aryl methyl sites for hydroxylation is 1. The first-order valence-corrected chi connectivity index (χ1v) is 5.68. The normalized spacial score (nSPS) is 20.8. The first kappa shape index (κ1) is 11.1. The molecule has 0 bridgehead atoms. The molecule has 1 aromatic heterocycles. The summed E-state index contributed by atoms with van der Waals surface area (Å²) in [5.74, 6) is 0.316. The highest BCUT2D eigenvalue weighted by molar-refractivity contribution is 5.95. The van der Waals surface area contributed by atoms with Crippen molar-refractivity contribution in [3.63, 3.8) is 0 Å². The summed E-state index contributed by atoms with van der Waals surface area (Å²) >= 11 is 0. The van der Waals surface area contributed by atoms with Gasteiger partial charge in [-0.1, -0.05) is 0 Å². The Morgan fingerprint density at radius 2 is 2.50 bits per heavy atom. The Balaban J connectivity index is 2.27. The van der Waals surface area contributed by atoms with Crippen LogP contribution in [-0.4, -0.2) is 35.8 Å². The molecular weight excluding hydrogens is 204 g/mol. The molecule has 5 heteroatoms. The Morgan fingerprint density at radius 3 is 3.12 bits per heavy atom. The number of hydrogen-bond donors (Lipinski definition) is 2. The van der Waals surface area contributed by atoms with Crippen molar-refractivity contribution < 1.29 is 4.79 Å². The minimum absolute atomic E-state index is 0.0475. The highest BCUT2D eigenvalue weighted by atomic mass is 16.1. The Morgan fingerprint density at radius 1 is 1.69 bits per heavy atom. The van der Waals surface area contributed by atoms with Crippen LogP contribution in [-0.2, 0) is 7.05 Å². The third-order valence-electron chi connectivity index (χ3n) is 3.01. The van der Waals surface area contributed by atoms with Gasteiger partial charge in [-0.05, 0) is 19.4 Å². The molecule has 1 aliphatic heterocycles. The summed E-state index contributed by atoms with van der Waals surface area (Å²) in [6.07, 6.45) is 4.05. The monoisotopic (exact) mass is 222 g/mol. The third-order valence-corrected chi connectivity index (χ3v) is 3.01. The van der Waals surface area contributed by atoms with Crippen LogP contribution in [0.25, 0.3) is 0 Å². The summed E-state index contributed by atoms with van der Waals surface area (Å²) < 4.78 is 1.72. The molecule has 0 radical (unpaired) electrons. The minimum atomic E-state index is -0.0475. The summed E-state index contributed by atoms with van der Waals surface area (Å²) in [5.41, 5.74) is 1.63. The van der Waals surface area contributed by atoms with E-state index in [1.165, 1.54) is 0 Å². The lowest BCUT2D eigenvalue weighted by atomic mass is 9.93. The average molecular weight is 222 g/mol. The standard InChI is InChI=1S/C11H18N4O/c1-12-11(16)9-7-15(2)14-10(9)8-4-3-5-13-6-8/h7-8,13H,3-6H2,1-2H3,(H,12,16). The molecule has 0 saturated carbocycles. The van der Waals surface area contributed by atoms with Crippen molar-refractivity contribution in [2.24, 2.45) is 7.05 Å². The molecule has 0 spiro atoms. The van der Waals surface area contributed by atoms with Crippen LogP contribution in [0.5, 0.6) is 0 Å². The van der Waals surface area contributed by atoms with Crippen molar-refractivity contribution >= 4 is 5.91 Å². The van der Waals surface area contributed by atoms with Gasteiger partial charge < -0.3 is 10.6 Å². The van der Waals surface area contributed by atoms with Crippen molar-refractivity contribution in [3.05, 3.63) is 17.5 Å². The molecule has 1 atom stereocenters. The molecule has 88 valence electrons. The van der Waals surface area contributed by atoms with E-state index in [1.807, 2.05) is 7.05 Å². The molecule has 0 aliphatic carbocycles. The Hall–Kier alpha value is -1.36. The largest absolute Gasteiger partial charge is 0.355 e. The number of hydrogen-bond acceptors (Lipinski definition) is 3. The average Bonchev–Trinajstić information content (AvgIpc) is 2.71. The highest BCUT2D eigenvalue weighted by Crippen LogP contribution is 2.24. The van der Waals surface area contributed by atoms with E-state index in [9.17, 15) is 4.79 Å². The molecule has 16 heavy (non-hydrogen) atoms. The first-order chi connectivity index (χ1) is 7.72. The van der Waals surface area contributed by atoms with Gasteiger partial charge in [0.1, 0.15) is 0 Å². The fraction of sp³-hybridized carbons (Fsp3) is 0.636. The molecule has 1 saturated heterocycles. The number of nitrogens with one attached hydrogen (secondary N) is 2. The molecule has 2 heterocycles. The number of amides is 1. The SMILES string of the molecule is CNC(=O)c1cn(C)nc1C1CCCNC1. The van der Waals surface area contributed by atoms with E-state index in [4.69, 9.17) is 0 Å². The van der Waals surface area contributed by atoms with Crippen LogP contribution in [0.2, 0.25) is 0 Å². The van der Waals surface area contributed by atoms with Crippen LogP contribution >= 0.6 is 0 Å². The van der Waals surface area contributed by atoms with Gasteiger partial charge in [0.15, 0.2) is 0 Å². The lowest BCUT2D eigenvalue weighted by molar-refractivity contribution is 0.0961. The molecule has 2 N–H and O–H groups in total. The van der Waals surface area contributed by atoms with Crippen molar-refractivity contribution in [3.8, 4) is 0 Å². The maximum atomic E-state index is 11.7. The maximum Gasteiger partial charge on any atom is 0.254 e. The van der Waals surface area contributed by atoms with Gasteiger partial charge in [0.2, 0.25) is 0 Å². The second-order valence-corrected chi connectivity index (χ2v) is 4.22. The van der Waals surface area contributed by atoms with Crippen LogP contribution in [0.4, 0.5) is 0 Å². The second-order valence-electron chi connectivity index (χ2n) is 4.22. The second kappa shape index (κ2) is 4.65. The molecule has 1 fully saturated rings. The van der Waals surface area contributed by atoms with Crippen LogP contribution in [0, 0.1) is 0 Å². The molecule has 5 nitrogen and oxygen atoms in total. The van der Waals surface area contributed by atoms with E-state index >= 15 is 0 Å². The first-order valence-electron chi connectivity index (χ1n) is 5.68. The molecular formula is C11H18N4O. The van der Waals surface area contributed by atoms with Crippen LogP contribution in [0.15, 0.2) is 6.20 Å². The van der Waals surface area contributed by atoms with Gasteiger partial charge in [0.05, 0.1) is 11.3 Å². The number of carbonyl (C=O) groups excluding carboxylic acids is 1. The number of nitrogens with zero attached hydrogens (tertiary/aromatic N) is 2. The van der Waals surface area contributed by atoms with E-state index in [0.717, 1.165) is 31.6 Å². The van der Waals surface area contributed by atoms with Gasteiger partial charge in [0, 0.05) is 32.8 Å². The Bertz CT molecular complexity index is 379. The number of aromatic nitrogens is 2. The summed E-state index contributed by atoms with van der Waals surface area (Å²) in [5, 5.41) is 10.4. The predicted molar refractivity (Wildman–Crippen MR) is 61.4 cm³/mol. The predicted octanol–water partition coefficient (Wildman–Crippen LogP) is 0.247.